The number of para-hydroxylation sites is 1. The van der Waals surface area contributed by atoms with Crippen LogP contribution in [0.2, 0.25) is 0 Å². The van der Waals surface area contributed by atoms with Crippen molar-refractivity contribution in [3.05, 3.63) is 84.1 Å². The van der Waals surface area contributed by atoms with Gasteiger partial charge in [0.2, 0.25) is 0 Å². The molecule has 23 heavy (non-hydrogen) atoms. The number of phenolic OH excluding ortho intramolecular Hbond substituents is 1. The molecule has 4 rings (SSSR count). The molecular weight excluding hydrogens is 306 g/mol. The molecule has 0 unspecified atom stereocenters. The van der Waals surface area contributed by atoms with Gasteiger partial charge in [-0.05, 0) is 29.0 Å². The molecule has 3 heteroatoms. The van der Waals surface area contributed by atoms with Gasteiger partial charge in [-0.3, -0.25) is 4.98 Å². The summed E-state index contributed by atoms with van der Waals surface area (Å²) in [5.41, 5.74) is 2.88. The maximum Gasteiger partial charge on any atom is 0.119 e. The quantitative estimate of drug-likeness (QED) is 0.556. The van der Waals surface area contributed by atoms with Crippen LogP contribution in [-0.2, 0) is 6.42 Å². The first kappa shape index (κ1) is 15.3. The largest absolute Gasteiger partial charge is 0.508 e. The Labute approximate surface area is 140 Å². The Morgan fingerprint density at radius 2 is 1.43 bits per heavy atom. The molecule has 0 fully saturated rings. The fourth-order valence-electron chi connectivity index (χ4n) is 2.90. The Hall–Kier alpha value is -2.58. The van der Waals surface area contributed by atoms with Crippen LogP contribution in [0.4, 0.5) is 0 Å². The first-order chi connectivity index (χ1) is 10.8. The standard InChI is InChI=1S/C20H15NO.ClH/c22-20-12-10-14-5-1-3-7-17(14)18(20)13-16-11-9-15-6-2-4-8-19(15)21-16;/h1-12,22H,13H2;1H. The highest BCUT2D eigenvalue weighted by Crippen LogP contribution is 2.29. The molecule has 1 heterocycles. The average Bonchev–Trinajstić information content (AvgIpc) is 2.57. The maximum absolute atomic E-state index is 10.3. The van der Waals surface area contributed by atoms with Gasteiger partial charge in [0.15, 0.2) is 0 Å². The summed E-state index contributed by atoms with van der Waals surface area (Å²) in [7, 11) is 0. The molecule has 0 aliphatic heterocycles. The summed E-state index contributed by atoms with van der Waals surface area (Å²) in [5, 5.41) is 13.6. The monoisotopic (exact) mass is 321 g/mol. The molecule has 1 N–H and O–H groups in total. The molecular formula is C20H16ClNO. The molecule has 0 aliphatic rings. The first-order valence-electron chi connectivity index (χ1n) is 7.35. The van der Waals surface area contributed by atoms with Crippen molar-refractivity contribution in [2.24, 2.45) is 0 Å². The van der Waals surface area contributed by atoms with Crippen LogP contribution < -0.4 is 0 Å². The number of rotatable bonds is 2. The second kappa shape index (κ2) is 6.27. The minimum absolute atomic E-state index is 0. The predicted molar refractivity (Wildman–Crippen MR) is 97.4 cm³/mol. The molecule has 0 spiro atoms. The van der Waals surface area contributed by atoms with Crippen LogP contribution >= 0.6 is 12.4 Å². The first-order valence-corrected chi connectivity index (χ1v) is 7.35. The van der Waals surface area contributed by atoms with E-state index in [0.717, 1.165) is 32.9 Å². The van der Waals surface area contributed by atoms with Crippen molar-refractivity contribution in [1.29, 1.82) is 0 Å². The minimum atomic E-state index is 0. The van der Waals surface area contributed by atoms with E-state index < -0.39 is 0 Å². The Morgan fingerprint density at radius 1 is 0.739 bits per heavy atom. The summed E-state index contributed by atoms with van der Waals surface area (Å²) in [5.74, 6) is 0.327. The third-order valence-corrected chi connectivity index (χ3v) is 4.03. The zero-order valence-corrected chi connectivity index (χ0v) is 13.3. The van der Waals surface area contributed by atoms with Crippen molar-refractivity contribution in [3.63, 3.8) is 0 Å². The third-order valence-electron chi connectivity index (χ3n) is 4.03. The minimum Gasteiger partial charge on any atom is -0.508 e. The Kier molecular flexibility index (Phi) is 4.18. The molecule has 3 aromatic carbocycles. The molecule has 0 radical (unpaired) electrons. The number of aromatic hydroxyl groups is 1. The summed E-state index contributed by atoms with van der Waals surface area (Å²) in [6.07, 6.45) is 0.623. The van der Waals surface area contributed by atoms with E-state index in [0.29, 0.717) is 12.2 Å². The average molecular weight is 322 g/mol. The van der Waals surface area contributed by atoms with E-state index in [2.05, 4.69) is 18.2 Å². The van der Waals surface area contributed by atoms with Crippen LogP contribution in [-0.4, -0.2) is 10.1 Å². The van der Waals surface area contributed by atoms with Gasteiger partial charge in [0, 0.05) is 23.1 Å². The number of aromatic nitrogens is 1. The molecule has 0 bridgehead atoms. The summed E-state index contributed by atoms with van der Waals surface area (Å²) in [4.78, 5) is 4.71. The summed E-state index contributed by atoms with van der Waals surface area (Å²) in [6, 6.07) is 24.0. The van der Waals surface area contributed by atoms with Gasteiger partial charge in [0.25, 0.3) is 0 Å². The van der Waals surface area contributed by atoms with E-state index in [1.807, 2.05) is 48.5 Å². The fourth-order valence-corrected chi connectivity index (χ4v) is 2.90. The Bertz CT molecular complexity index is 981. The number of hydrogen-bond acceptors (Lipinski definition) is 2. The SMILES string of the molecule is Cl.Oc1ccc2ccccc2c1Cc1ccc2ccccc2n1. The zero-order chi connectivity index (χ0) is 14.9. The number of halogens is 1. The lowest BCUT2D eigenvalue weighted by Crippen LogP contribution is -1.94. The molecule has 0 aliphatic carbocycles. The van der Waals surface area contributed by atoms with Gasteiger partial charge >= 0.3 is 0 Å². The van der Waals surface area contributed by atoms with Crippen molar-refractivity contribution >= 4 is 34.1 Å². The molecule has 2 nitrogen and oxygen atoms in total. The van der Waals surface area contributed by atoms with Gasteiger partial charge in [-0.15, -0.1) is 12.4 Å². The van der Waals surface area contributed by atoms with Crippen molar-refractivity contribution in [3.8, 4) is 5.75 Å². The van der Waals surface area contributed by atoms with E-state index in [-0.39, 0.29) is 12.4 Å². The van der Waals surface area contributed by atoms with Gasteiger partial charge in [0.05, 0.1) is 5.52 Å². The van der Waals surface area contributed by atoms with Crippen LogP contribution in [0, 0.1) is 0 Å². The van der Waals surface area contributed by atoms with Crippen LogP contribution in [0.5, 0.6) is 5.75 Å². The topological polar surface area (TPSA) is 33.1 Å². The normalized spacial score (nSPS) is 10.6. The number of nitrogens with zero attached hydrogens (tertiary/aromatic N) is 1. The number of pyridine rings is 1. The van der Waals surface area contributed by atoms with E-state index in [1.54, 1.807) is 6.07 Å². The number of phenols is 1. The third kappa shape index (κ3) is 2.86. The summed E-state index contributed by atoms with van der Waals surface area (Å²) >= 11 is 0. The number of fused-ring (bicyclic) bond motifs is 2. The molecule has 0 atom stereocenters. The van der Waals surface area contributed by atoms with E-state index in [4.69, 9.17) is 4.98 Å². The van der Waals surface area contributed by atoms with E-state index in [1.165, 1.54) is 0 Å². The van der Waals surface area contributed by atoms with Crippen LogP contribution in [0.25, 0.3) is 21.7 Å². The summed E-state index contributed by atoms with van der Waals surface area (Å²) in [6.45, 7) is 0. The van der Waals surface area contributed by atoms with Crippen LogP contribution in [0.1, 0.15) is 11.3 Å². The predicted octanol–water partition coefficient (Wildman–Crippen LogP) is 5.11. The van der Waals surface area contributed by atoms with Crippen molar-refractivity contribution in [2.75, 3.05) is 0 Å². The van der Waals surface area contributed by atoms with Crippen molar-refractivity contribution in [1.82, 2.24) is 4.98 Å². The number of benzene rings is 3. The molecule has 1 aromatic heterocycles. The van der Waals surface area contributed by atoms with Gasteiger partial charge < -0.3 is 5.11 Å². The smallest absolute Gasteiger partial charge is 0.119 e. The molecule has 0 saturated carbocycles. The fraction of sp³-hybridized carbons (Fsp3) is 0.0500. The highest BCUT2D eigenvalue weighted by molar-refractivity contribution is 5.88. The molecule has 4 aromatic rings. The van der Waals surface area contributed by atoms with Gasteiger partial charge in [-0.25, -0.2) is 0 Å². The zero-order valence-electron chi connectivity index (χ0n) is 12.4. The molecule has 0 amide bonds. The van der Waals surface area contributed by atoms with Gasteiger partial charge in [0.1, 0.15) is 5.75 Å². The Balaban J connectivity index is 0.00000156. The number of hydrogen-bond donors (Lipinski definition) is 1. The lowest BCUT2D eigenvalue weighted by atomic mass is 9.99. The van der Waals surface area contributed by atoms with Gasteiger partial charge in [-0.2, -0.15) is 0 Å². The highest BCUT2D eigenvalue weighted by Gasteiger charge is 2.09. The second-order valence-corrected chi connectivity index (χ2v) is 5.46. The Morgan fingerprint density at radius 3 is 2.30 bits per heavy atom. The van der Waals surface area contributed by atoms with Crippen molar-refractivity contribution in [2.45, 2.75) is 6.42 Å². The van der Waals surface area contributed by atoms with Crippen LogP contribution in [0.3, 0.4) is 0 Å². The molecule has 114 valence electrons. The second-order valence-electron chi connectivity index (χ2n) is 5.46. The van der Waals surface area contributed by atoms with E-state index in [9.17, 15) is 5.11 Å². The lowest BCUT2D eigenvalue weighted by molar-refractivity contribution is 0.470. The van der Waals surface area contributed by atoms with Gasteiger partial charge in [-0.1, -0.05) is 54.6 Å². The highest BCUT2D eigenvalue weighted by atomic mass is 35.5. The van der Waals surface area contributed by atoms with Crippen LogP contribution in [0.15, 0.2) is 72.8 Å². The lowest BCUT2D eigenvalue weighted by Gasteiger charge is -2.09. The van der Waals surface area contributed by atoms with Crippen molar-refractivity contribution < 1.29 is 5.11 Å². The summed E-state index contributed by atoms with van der Waals surface area (Å²) < 4.78 is 0. The maximum atomic E-state index is 10.3. The van der Waals surface area contributed by atoms with E-state index >= 15 is 0 Å². The molecule has 0 saturated heterocycles.